The quantitative estimate of drug-likeness (QED) is 0.842. The zero-order valence-corrected chi connectivity index (χ0v) is 14.1. The van der Waals surface area contributed by atoms with Gasteiger partial charge in [-0.25, -0.2) is 4.79 Å². The van der Waals surface area contributed by atoms with E-state index in [0.717, 1.165) is 25.1 Å². The summed E-state index contributed by atoms with van der Waals surface area (Å²) in [5.41, 5.74) is 0.699. The molecular formula is C17H26N2O3. The Morgan fingerprint density at radius 3 is 2.41 bits per heavy atom. The fourth-order valence-electron chi connectivity index (χ4n) is 1.89. The number of aromatic carboxylic acids is 1. The molecule has 0 unspecified atom stereocenters. The van der Waals surface area contributed by atoms with E-state index in [9.17, 15) is 14.7 Å². The second kappa shape index (κ2) is 7.29. The van der Waals surface area contributed by atoms with E-state index in [0.29, 0.717) is 5.69 Å². The van der Waals surface area contributed by atoms with Crippen molar-refractivity contribution < 1.29 is 14.7 Å². The van der Waals surface area contributed by atoms with Crippen molar-refractivity contribution in [3.63, 3.8) is 0 Å². The molecule has 0 atom stereocenters. The summed E-state index contributed by atoms with van der Waals surface area (Å²) in [7, 11) is 1.93. The molecule has 1 rings (SSSR count). The summed E-state index contributed by atoms with van der Waals surface area (Å²) in [6.07, 6.45) is 2.12. The van der Waals surface area contributed by atoms with Crippen LogP contribution in [-0.2, 0) is 4.79 Å². The molecule has 0 heterocycles. The molecule has 0 spiro atoms. The minimum Gasteiger partial charge on any atom is -0.478 e. The number of carbonyl (C=O) groups is 2. The number of carbonyl (C=O) groups excluding carboxylic acids is 1. The van der Waals surface area contributed by atoms with Crippen LogP contribution in [0.2, 0.25) is 0 Å². The fourth-order valence-corrected chi connectivity index (χ4v) is 1.89. The second-order valence-corrected chi connectivity index (χ2v) is 6.51. The van der Waals surface area contributed by atoms with Crippen molar-refractivity contribution in [2.24, 2.45) is 5.41 Å². The van der Waals surface area contributed by atoms with Gasteiger partial charge in [0.15, 0.2) is 0 Å². The molecule has 0 aliphatic heterocycles. The molecule has 0 fully saturated rings. The summed E-state index contributed by atoms with van der Waals surface area (Å²) >= 11 is 0. The molecule has 0 saturated heterocycles. The Balaban J connectivity index is 3.05. The van der Waals surface area contributed by atoms with Crippen LogP contribution in [-0.4, -0.2) is 30.6 Å². The molecule has 1 amide bonds. The number of hydrogen-bond donors (Lipinski definition) is 2. The maximum atomic E-state index is 12.1. The molecule has 22 heavy (non-hydrogen) atoms. The summed E-state index contributed by atoms with van der Waals surface area (Å²) in [5, 5.41) is 12.1. The van der Waals surface area contributed by atoms with E-state index in [1.807, 2.05) is 18.0 Å². The van der Waals surface area contributed by atoms with Crippen LogP contribution in [0.15, 0.2) is 18.2 Å². The highest BCUT2D eigenvalue weighted by atomic mass is 16.4. The van der Waals surface area contributed by atoms with Crippen LogP contribution in [0.3, 0.4) is 0 Å². The van der Waals surface area contributed by atoms with Crippen LogP contribution in [0.25, 0.3) is 0 Å². The number of amides is 1. The van der Waals surface area contributed by atoms with Crippen LogP contribution in [0.1, 0.15) is 50.9 Å². The van der Waals surface area contributed by atoms with Gasteiger partial charge in [0.2, 0.25) is 5.91 Å². The number of unbranched alkanes of at least 4 members (excludes halogenated alkanes) is 1. The first kappa shape index (κ1) is 18.0. The van der Waals surface area contributed by atoms with Crippen molar-refractivity contribution in [3.05, 3.63) is 23.8 Å². The monoisotopic (exact) mass is 306 g/mol. The molecule has 5 heteroatoms. The largest absolute Gasteiger partial charge is 0.478 e. The maximum Gasteiger partial charge on any atom is 0.337 e. The van der Waals surface area contributed by atoms with Crippen LogP contribution >= 0.6 is 0 Å². The highest BCUT2D eigenvalue weighted by Gasteiger charge is 2.23. The predicted octanol–water partition coefficient (Wildman–Crippen LogP) is 3.61. The summed E-state index contributed by atoms with van der Waals surface area (Å²) < 4.78 is 0. The van der Waals surface area contributed by atoms with Gasteiger partial charge in [0.05, 0.1) is 11.3 Å². The lowest BCUT2D eigenvalue weighted by atomic mass is 9.95. The Morgan fingerprint density at radius 1 is 1.27 bits per heavy atom. The number of carboxylic acids is 1. The lowest BCUT2D eigenvalue weighted by molar-refractivity contribution is -0.123. The Kier molecular flexibility index (Phi) is 5.97. The van der Waals surface area contributed by atoms with Crippen molar-refractivity contribution in [2.75, 3.05) is 23.8 Å². The lowest BCUT2D eigenvalue weighted by Gasteiger charge is -2.22. The third-order valence-corrected chi connectivity index (χ3v) is 3.45. The van der Waals surface area contributed by atoms with E-state index in [1.54, 1.807) is 32.9 Å². The zero-order chi connectivity index (χ0) is 16.9. The summed E-state index contributed by atoms with van der Waals surface area (Å²) in [4.78, 5) is 25.5. The summed E-state index contributed by atoms with van der Waals surface area (Å²) in [6, 6.07) is 5.10. The molecular weight excluding hydrogens is 280 g/mol. The topological polar surface area (TPSA) is 69.6 Å². The van der Waals surface area contributed by atoms with Gasteiger partial charge in [0.1, 0.15) is 0 Å². The summed E-state index contributed by atoms with van der Waals surface area (Å²) in [5.74, 6) is -1.25. The molecule has 0 aromatic heterocycles. The molecule has 1 aromatic rings. The number of carboxylic acid groups (broad SMARTS) is 1. The van der Waals surface area contributed by atoms with Crippen molar-refractivity contribution >= 4 is 23.3 Å². The van der Waals surface area contributed by atoms with Gasteiger partial charge in [-0.05, 0) is 24.6 Å². The SMILES string of the molecule is CCCCN(C)c1ccc(NC(=O)C(C)(C)C)c(C(=O)O)c1. The lowest BCUT2D eigenvalue weighted by Crippen LogP contribution is -2.28. The first-order valence-corrected chi connectivity index (χ1v) is 7.56. The Bertz CT molecular complexity index is 547. The highest BCUT2D eigenvalue weighted by Crippen LogP contribution is 2.25. The number of hydrogen-bond acceptors (Lipinski definition) is 3. The van der Waals surface area contributed by atoms with Gasteiger partial charge in [0, 0.05) is 24.7 Å². The van der Waals surface area contributed by atoms with E-state index in [4.69, 9.17) is 0 Å². The zero-order valence-electron chi connectivity index (χ0n) is 14.1. The Morgan fingerprint density at radius 2 is 1.91 bits per heavy atom. The number of rotatable bonds is 6. The minimum absolute atomic E-state index is 0.110. The third-order valence-electron chi connectivity index (χ3n) is 3.45. The smallest absolute Gasteiger partial charge is 0.337 e. The van der Waals surface area contributed by atoms with Gasteiger partial charge >= 0.3 is 5.97 Å². The number of anilines is 2. The van der Waals surface area contributed by atoms with Crippen molar-refractivity contribution in [3.8, 4) is 0 Å². The normalized spacial score (nSPS) is 11.1. The standard InChI is InChI=1S/C17H26N2O3/c1-6-7-10-19(5)12-8-9-14(13(11-12)15(20)21)18-16(22)17(2,3)4/h8-9,11H,6-7,10H2,1-5H3,(H,18,22)(H,20,21). The van der Waals surface area contributed by atoms with Gasteiger partial charge in [-0.1, -0.05) is 34.1 Å². The molecule has 0 aliphatic rings. The minimum atomic E-state index is -1.05. The molecule has 2 N–H and O–H groups in total. The highest BCUT2D eigenvalue weighted by molar-refractivity contribution is 6.02. The van der Waals surface area contributed by atoms with Gasteiger partial charge in [0.25, 0.3) is 0 Å². The van der Waals surface area contributed by atoms with Crippen molar-refractivity contribution in [2.45, 2.75) is 40.5 Å². The van der Waals surface area contributed by atoms with Crippen molar-refractivity contribution in [1.29, 1.82) is 0 Å². The van der Waals surface area contributed by atoms with Crippen LogP contribution in [0.5, 0.6) is 0 Å². The van der Waals surface area contributed by atoms with E-state index in [-0.39, 0.29) is 11.5 Å². The molecule has 5 nitrogen and oxygen atoms in total. The van der Waals surface area contributed by atoms with Gasteiger partial charge in [-0.15, -0.1) is 0 Å². The van der Waals surface area contributed by atoms with Gasteiger partial charge in [-0.2, -0.15) is 0 Å². The summed E-state index contributed by atoms with van der Waals surface area (Å²) in [6.45, 7) is 8.34. The van der Waals surface area contributed by atoms with Crippen LogP contribution in [0.4, 0.5) is 11.4 Å². The van der Waals surface area contributed by atoms with Gasteiger partial charge < -0.3 is 15.3 Å². The number of nitrogens with zero attached hydrogens (tertiary/aromatic N) is 1. The Labute approximate surface area is 132 Å². The predicted molar refractivity (Wildman–Crippen MR) is 89.7 cm³/mol. The third kappa shape index (κ3) is 4.76. The number of nitrogens with one attached hydrogen (secondary N) is 1. The second-order valence-electron chi connectivity index (χ2n) is 6.51. The molecule has 0 radical (unpaired) electrons. The van der Waals surface area contributed by atoms with Crippen LogP contribution in [0, 0.1) is 5.41 Å². The van der Waals surface area contributed by atoms with E-state index >= 15 is 0 Å². The van der Waals surface area contributed by atoms with Gasteiger partial charge in [-0.3, -0.25) is 4.79 Å². The Hall–Kier alpha value is -2.04. The van der Waals surface area contributed by atoms with Crippen molar-refractivity contribution in [1.82, 2.24) is 0 Å². The average Bonchev–Trinajstić information content (AvgIpc) is 2.43. The molecule has 0 bridgehead atoms. The first-order chi connectivity index (χ1) is 10.2. The average molecular weight is 306 g/mol. The number of benzene rings is 1. The molecule has 122 valence electrons. The molecule has 0 saturated carbocycles. The van der Waals surface area contributed by atoms with E-state index in [1.165, 1.54) is 0 Å². The van der Waals surface area contributed by atoms with E-state index < -0.39 is 11.4 Å². The molecule has 1 aromatic carbocycles. The fraction of sp³-hybridized carbons (Fsp3) is 0.529. The van der Waals surface area contributed by atoms with Crippen LogP contribution < -0.4 is 10.2 Å². The first-order valence-electron chi connectivity index (χ1n) is 7.56. The maximum absolute atomic E-state index is 12.1. The van der Waals surface area contributed by atoms with E-state index in [2.05, 4.69) is 12.2 Å². The molecule has 0 aliphatic carbocycles.